The standard InChI is InChI=1S/C21H26N2O5S2/c1-22(21-8-4-6-17-5-2-3-7-20(17)21)29(24,25)18-9-11-19(12-10-18)30(26,27)23-13-15-28-16-14-23/h2-3,5,7,9-12,21H,4,6,8,13-16H2,1H3. The van der Waals surface area contributed by atoms with Gasteiger partial charge in [-0.05, 0) is 54.7 Å². The largest absolute Gasteiger partial charge is 0.379 e. The molecule has 1 unspecified atom stereocenters. The van der Waals surface area contributed by atoms with Gasteiger partial charge in [-0.25, -0.2) is 16.8 Å². The van der Waals surface area contributed by atoms with Crippen LogP contribution in [0.3, 0.4) is 0 Å². The number of sulfonamides is 2. The van der Waals surface area contributed by atoms with Crippen LogP contribution in [0.15, 0.2) is 58.3 Å². The lowest BCUT2D eigenvalue weighted by Gasteiger charge is -2.32. The Bertz CT molecular complexity index is 1110. The molecule has 4 rings (SSSR count). The number of fused-ring (bicyclic) bond motifs is 1. The van der Waals surface area contributed by atoms with E-state index in [2.05, 4.69) is 0 Å². The number of morpholine rings is 1. The molecule has 9 heteroatoms. The van der Waals surface area contributed by atoms with Gasteiger partial charge < -0.3 is 4.74 Å². The van der Waals surface area contributed by atoms with Gasteiger partial charge >= 0.3 is 0 Å². The van der Waals surface area contributed by atoms with Crippen LogP contribution in [0.5, 0.6) is 0 Å². The summed E-state index contributed by atoms with van der Waals surface area (Å²) in [5, 5.41) is 0. The lowest BCUT2D eigenvalue weighted by molar-refractivity contribution is 0.0730. The van der Waals surface area contributed by atoms with Crippen molar-refractivity contribution in [1.82, 2.24) is 8.61 Å². The van der Waals surface area contributed by atoms with E-state index in [1.54, 1.807) is 7.05 Å². The van der Waals surface area contributed by atoms with E-state index in [9.17, 15) is 16.8 Å². The quantitative estimate of drug-likeness (QED) is 0.699. The highest BCUT2D eigenvalue weighted by atomic mass is 32.2. The number of nitrogens with zero attached hydrogens (tertiary/aromatic N) is 2. The molecule has 30 heavy (non-hydrogen) atoms. The van der Waals surface area contributed by atoms with Crippen molar-refractivity contribution >= 4 is 20.0 Å². The van der Waals surface area contributed by atoms with Crippen molar-refractivity contribution in [3.63, 3.8) is 0 Å². The summed E-state index contributed by atoms with van der Waals surface area (Å²) in [6, 6.07) is 13.2. The highest BCUT2D eigenvalue weighted by Crippen LogP contribution is 2.36. The average Bonchev–Trinajstić information content (AvgIpc) is 2.79. The molecule has 0 spiro atoms. The van der Waals surface area contributed by atoms with E-state index in [-0.39, 0.29) is 15.8 Å². The fourth-order valence-corrected chi connectivity index (χ4v) is 6.93. The van der Waals surface area contributed by atoms with Gasteiger partial charge in [-0.3, -0.25) is 0 Å². The third-order valence-corrected chi connectivity index (χ3v) is 9.68. The molecule has 162 valence electrons. The molecule has 1 fully saturated rings. The van der Waals surface area contributed by atoms with Crippen LogP contribution in [0.2, 0.25) is 0 Å². The first-order valence-corrected chi connectivity index (χ1v) is 12.9. The molecule has 7 nitrogen and oxygen atoms in total. The number of hydrogen-bond acceptors (Lipinski definition) is 5. The summed E-state index contributed by atoms with van der Waals surface area (Å²) in [7, 11) is -5.83. The molecule has 0 bridgehead atoms. The second-order valence-electron chi connectivity index (χ2n) is 7.62. The van der Waals surface area contributed by atoms with Crippen molar-refractivity contribution < 1.29 is 21.6 Å². The normalized spacial score (nSPS) is 20.8. The molecule has 2 aromatic carbocycles. The Morgan fingerprint density at radius 2 is 1.57 bits per heavy atom. The minimum absolute atomic E-state index is 0.0917. The molecule has 0 aromatic heterocycles. The zero-order valence-corrected chi connectivity index (χ0v) is 18.5. The first-order valence-electron chi connectivity index (χ1n) is 10.1. The zero-order valence-electron chi connectivity index (χ0n) is 16.9. The summed E-state index contributed by atoms with van der Waals surface area (Å²) in [4.78, 5) is 0.183. The summed E-state index contributed by atoms with van der Waals surface area (Å²) >= 11 is 0. The number of ether oxygens (including phenoxy) is 1. The molecule has 1 heterocycles. The van der Waals surface area contributed by atoms with Gasteiger partial charge in [-0.15, -0.1) is 0 Å². The molecule has 0 saturated carbocycles. The van der Waals surface area contributed by atoms with Crippen LogP contribution < -0.4 is 0 Å². The van der Waals surface area contributed by atoms with Gasteiger partial charge in [0.2, 0.25) is 20.0 Å². The van der Waals surface area contributed by atoms with Crippen molar-refractivity contribution in [2.45, 2.75) is 35.1 Å². The van der Waals surface area contributed by atoms with Crippen LogP contribution in [0.4, 0.5) is 0 Å². The Morgan fingerprint density at radius 3 is 2.27 bits per heavy atom. The maximum atomic E-state index is 13.3. The van der Waals surface area contributed by atoms with Gasteiger partial charge in [-0.2, -0.15) is 8.61 Å². The topological polar surface area (TPSA) is 84.0 Å². The van der Waals surface area contributed by atoms with Crippen molar-refractivity contribution in [2.75, 3.05) is 33.4 Å². The van der Waals surface area contributed by atoms with Gasteiger partial charge in [0.05, 0.1) is 23.0 Å². The van der Waals surface area contributed by atoms with E-state index in [0.717, 1.165) is 24.8 Å². The molecule has 1 atom stereocenters. The number of rotatable bonds is 5. The predicted octanol–water partition coefficient (Wildman–Crippen LogP) is 2.41. The minimum atomic E-state index is -3.76. The predicted molar refractivity (Wildman–Crippen MR) is 113 cm³/mol. The van der Waals surface area contributed by atoms with Crippen LogP contribution in [0.1, 0.15) is 30.0 Å². The lowest BCUT2D eigenvalue weighted by Crippen LogP contribution is -2.40. The first kappa shape index (κ1) is 21.5. The van der Waals surface area contributed by atoms with Crippen molar-refractivity contribution in [1.29, 1.82) is 0 Å². The van der Waals surface area contributed by atoms with Crippen molar-refractivity contribution in [2.24, 2.45) is 0 Å². The Labute approximate surface area is 178 Å². The van der Waals surface area contributed by atoms with Gasteiger partial charge in [0.25, 0.3) is 0 Å². The molecular weight excluding hydrogens is 424 g/mol. The number of benzene rings is 2. The summed E-state index contributed by atoms with van der Waals surface area (Å²) in [6.45, 7) is 1.32. The fourth-order valence-electron chi connectivity index (χ4n) is 4.16. The summed E-state index contributed by atoms with van der Waals surface area (Å²) in [5.41, 5.74) is 2.23. The molecular formula is C21H26N2O5S2. The molecule has 0 amide bonds. The maximum Gasteiger partial charge on any atom is 0.243 e. The third-order valence-electron chi connectivity index (χ3n) is 5.89. The van der Waals surface area contributed by atoms with Gasteiger partial charge in [0.15, 0.2) is 0 Å². The van der Waals surface area contributed by atoms with Crippen LogP contribution in [0, 0.1) is 0 Å². The molecule has 1 saturated heterocycles. The highest BCUT2D eigenvalue weighted by molar-refractivity contribution is 7.89. The van der Waals surface area contributed by atoms with Crippen molar-refractivity contribution in [3.05, 3.63) is 59.7 Å². The molecule has 1 aliphatic heterocycles. The minimum Gasteiger partial charge on any atom is -0.379 e. The maximum absolute atomic E-state index is 13.3. The van der Waals surface area contributed by atoms with E-state index in [1.165, 1.54) is 38.4 Å². The van der Waals surface area contributed by atoms with Crippen molar-refractivity contribution in [3.8, 4) is 0 Å². The monoisotopic (exact) mass is 450 g/mol. The highest BCUT2D eigenvalue weighted by Gasteiger charge is 2.33. The lowest BCUT2D eigenvalue weighted by atomic mass is 9.88. The second-order valence-corrected chi connectivity index (χ2v) is 11.6. The number of hydrogen-bond donors (Lipinski definition) is 0. The second kappa shape index (κ2) is 8.39. The van der Waals surface area contributed by atoms with E-state index >= 15 is 0 Å². The smallest absolute Gasteiger partial charge is 0.243 e. The van der Waals surface area contributed by atoms with Crippen LogP contribution in [-0.2, 0) is 31.2 Å². The molecule has 2 aliphatic rings. The van der Waals surface area contributed by atoms with Gasteiger partial charge in [-0.1, -0.05) is 24.3 Å². The summed E-state index contributed by atoms with van der Waals surface area (Å²) in [6.07, 6.45) is 2.64. The Hall–Kier alpha value is -1.78. The first-order chi connectivity index (χ1) is 14.3. The fraction of sp³-hybridized carbons (Fsp3) is 0.429. The SMILES string of the molecule is CN(C1CCCc2ccccc21)S(=O)(=O)c1ccc(S(=O)(=O)N2CCOCC2)cc1. The summed E-state index contributed by atoms with van der Waals surface area (Å²) < 4.78 is 60.1. The zero-order chi connectivity index (χ0) is 21.4. The molecule has 0 N–H and O–H groups in total. The van der Waals surface area contributed by atoms with E-state index in [1.807, 2.05) is 24.3 Å². The Morgan fingerprint density at radius 1 is 0.933 bits per heavy atom. The van der Waals surface area contributed by atoms with Crippen LogP contribution >= 0.6 is 0 Å². The average molecular weight is 451 g/mol. The van der Waals surface area contributed by atoms with Gasteiger partial charge in [0.1, 0.15) is 0 Å². The van der Waals surface area contributed by atoms with E-state index in [0.29, 0.717) is 26.3 Å². The summed E-state index contributed by atoms with van der Waals surface area (Å²) in [5.74, 6) is 0. The van der Waals surface area contributed by atoms with Crippen LogP contribution in [0.25, 0.3) is 0 Å². The van der Waals surface area contributed by atoms with E-state index < -0.39 is 20.0 Å². The van der Waals surface area contributed by atoms with E-state index in [4.69, 9.17) is 4.74 Å². The molecule has 1 aliphatic carbocycles. The third kappa shape index (κ3) is 3.92. The van der Waals surface area contributed by atoms with Gasteiger partial charge in [0, 0.05) is 26.2 Å². The Balaban J connectivity index is 1.59. The molecule has 0 radical (unpaired) electrons. The Kier molecular flexibility index (Phi) is 6.00. The van der Waals surface area contributed by atoms with Crippen LogP contribution in [-0.4, -0.2) is 58.8 Å². The molecule has 2 aromatic rings. The number of aryl methyl sites for hydroxylation is 1.